The first-order chi connectivity index (χ1) is 12.1. The van der Waals surface area contributed by atoms with Crippen molar-refractivity contribution in [1.82, 2.24) is 4.90 Å². The molecule has 5 heteroatoms. The Labute approximate surface area is 148 Å². The lowest BCUT2D eigenvalue weighted by Gasteiger charge is -2.39. The van der Waals surface area contributed by atoms with E-state index in [9.17, 15) is 9.59 Å². The molecule has 1 heterocycles. The van der Waals surface area contributed by atoms with Crippen LogP contribution >= 0.6 is 0 Å². The van der Waals surface area contributed by atoms with Crippen LogP contribution in [0.2, 0.25) is 0 Å². The normalized spacial score (nSPS) is 17.5. The Hall–Kier alpha value is -2.82. The molecule has 0 aliphatic carbocycles. The Balaban J connectivity index is 1.74. The summed E-state index contributed by atoms with van der Waals surface area (Å²) in [4.78, 5) is 28.8. The minimum absolute atomic E-state index is 0.0460. The number of para-hydroxylation sites is 2. The van der Waals surface area contributed by atoms with Crippen molar-refractivity contribution >= 4 is 23.3 Å². The molecule has 1 saturated heterocycles. The van der Waals surface area contributed by atoms with Crippen molar-refractivity contribution in [1.29, 1.82) is 0 Å². The number of hydrogen-bond acceptors (Lipinski definition) is 2. The maximum absolute atomic E-state index is 12.9. The van der Waals surface area contributed by atoms with E-state index in [1.165, 1.54) is 0 Å². The van der Waals surface area contributed by atoms with Gasteiger partial charge in [-0.1, -0.05) is 43.3 Å². The second-order valence-corrected chi connectivity index (χ2v) is 6.14. The highest BCUT2D eigenvalue weighted by atomic mass is 16.2. The number of amides is 3. The van der Waals surface area contributed by atoms with Gasteiger partial charge in [0.15, 0.2) is 0 Å². The molecule has 1 aliphatic rings. The van der Waals surface area contributed by atoms with E-state index in [0.29, 0.717) is 13.1 Å². The summed E-state index contributed by atoms with van der Waals surface area (Å²) in [6, 6.07) is 16.5. The number of carbonyl (C=O) groups is 2. The van der Waals surface area contributed by atoms with Crippen molar-refractivity contribution in [2.75, 3.05) is 23.3 Å². The van der Waals surface area contributed by atoms with Crippen molar-refractivity contribution in [2.24, 2.45) is 0 Å². The molecule has 130 valence electrons. The molecule has 5 nitrogen and oxygen atoms in total. The Bertz CT molecular complexity index is 761. The fourth-order valence-electron chi connectivity index (χ4n) is 3.18. The monoisotopic (exact) mass is 337 g/mol. The zero-order chi connectivity index (χ0) is 17.8. The van der Waals surface area contributed by atoms with E-state index < -0.39 is 6.04 Å². The Morgan fingerprint density at radius 1 is 1.08 bits per heavy atom. The molecule has 0 bridgehead atoms. The summed E-state index contributed by atoms with van der Waals surface area (Å²) in [6.07, 6.45) is 0.868. The second kappa shape index (κ2) is 7.38. The van der Waals surface area contributed by atoms with E-state index >= 15 is 0 Å². The van der Waals surface area contributed by atoms with Gasteiger partial charge in [0.1, 0.15) is 6.04 Å². The van der Waals surface area contributed by atoms with E-state index in [1.54, 1.807) is 16.7 Å². The van der Waals surface area contributed by atoms with Gasteiger partial charge in [-0.3, -0.25) is 4.79 Å². The van der Waals surface area contributed by atoms with Gasteiger partial charge < -0.3 is 15.1 Å². The third-order valence-corrected chi connectivity index (χ3v) is 4.60. The molecule has 1 fully saturated rings. The molecule has 0 radical (unpaired) electrons. The van der Waals surface area contributed by atoms with Gasteiger partial charge in [0, 0.05) is 24.5 Å². The summed E-state index contributed by atoms with van der Waals surface area (Å²) >= 11 is 0. The van der Waals surface area contributed by atoms with Crippen LogP contribution < -0.4 is 10.2 Å². The fourth-order valence-corrected chi connectivity index (χ4v) is 3.18. The molecule has 1 atom stereocenters. The van der Waals surface area contributed by atoms with Crippen LogP contribution in [-0.2, 0) is 11.2 Å². The van der Waals surface area contributed by atoms with Crippen molar-refractivity contribution in [3.63, 3.8) is 0 Å². The molecule has 0 unspecified atom stereocenters. The molecular formula is C20H23N3O2. The second-order valence-electron chi connectivity index (χ2n) is 6.14. The van der Waals surface area contributed by atoms with Crippen LogP contribution in [-0.4, -0.2) is 36.0 Å². The molecule has 25 heavy (non-hydrogen) atoms. The van der Waals surface area contributed by atoms with E-state index in [4.69, 9.17) is 0 Å². The van der Waals surface area contributed by atoms with Gasteiger partial charge in [-0.25, -0.2) is 4.79 Å². The summed E-state index contributed by atoms with van der Waals surface area (Å²) in [7, 11) is 0. The quantitative estimate of drug-likeness (QED) is 0.932. The van der Waals surface area contributed by atoms with Crippen molar-refractivity contribution in [2.45, 2.75) is 26.3 Å². The minimum Gasteiger partial charge on any atom is -0.311 e. The molecule has 3 amide bonds. The van der Waals surface area contributed by atoms with E-state index in [-0.39, 0.29) is 11.9 Å². The van der Waals surface area contributed by atoms with Gasteiger partial charge in [-0.05, 0) is 37.1 Å². The number of aryl methyl sites for hydroxylation is 1. The van der Waals surface area contributed by atoms with E-state index in [1.807, 2.05) is 54.6 Å². The molecule has 1 aliphatic heterocycles. The summed E-state index contributed by atoms with van der Waals surface area (Å²) < 4.78 is 0. The van der Waals surface area contributed by atoms with Crippen molar-refractivity contribution < 1.29 is 9.59 Å². The molecule has 2 aromatic carbocycles. The lowest BCUT2D eigenvalue weighted by Crippen LogP contribution is -2.58. The number of piperazine rings is 1. The highest BCUT2D eigenvalue weighted by Gasteiger charge is 2.35. The van der Waals surface area contributed by atoms with Gasteiger partial charge >= 0.3 is 6.03 Å². The predicted molar refractivity (Wildman–Crippen MR) is 99.8 cm³/mol. The number of carbonyl (C=O) groups excluding carboxylic acids is 2. The summed E-state index contributed by atoms with van der Waals surface area (Å²) in [5.41, 5.74) is 2.82. The maximum atomic E-state index is 12.9. The Kier molecular flexibility index (Phi) is 5.03. The van der Waals surface area contributed by atoms with Gasteiger partial charge in [0.2, 0.25) is 5.91 Å². The predicted octanol–water partition coefficient (Wildman–Crippen LogP) is 3.52. The third-order valence-electron chi connectivity index (χ3n) is 4.60. The number of nitrogens with one attached hydrogen (secondary N) is 1. The number of benzene rings is 2. The topological polar surface area (TPSA) is 52.6 Å². The van der Waals surface area contributed by atoms with Gasteiger partial charge in [-0.15, -0.1) is 0 Å². The highest BCUT2D eigenvalue weighted by molar-refractivity contribution is 6.02. The van der Waals surface area contributed by atoms with Gasteiger partial charge in [0.25, 0.3) is 0 Å². The third kappa shape index (κ3) is 3.50. The molecular weight excluding hydrogens is 314 g/mol. The first-order valence-electron chi connectivity index (χ1n) is 8.63. The molecule has 0 aromatic heterocycles. The van der Waals surface area contributed by atoms with Crippen LogP contribution in [0.5, 0.6) is 0 Å². The summed E-state index contributed by atoms with van der Waals surface area (Å²) in [5, 5.41) is 2.86. The SMILES string of the molecule is CCc1ccccc1N1CCN(C(=O)Nc2ccccc2)[C@H](C)C1=O. The van der Waals surface area contributed by atoms with Crippen LogP contribution in [0.4, 0.5) is 16.2 Å². The fraction of sp³-hybridized carbons (Fsp3) is 0.300. The standard InChI is InChI=1S/C20H23N3O2/c1-3-16-9-7-8-12-18(16)23-14-13-22(15(2)19(23)24)20(25)21-17-10-5-4-6-11-17/h4-12,15H,3,13-14H2,1-2H3,(H,21,25)/t15-/m1/s1. The molecule has 1 N–H and O–H groups in total. The van der Waals surface area contributed by atoms with E-state index in [2.05, 4.69) is 12.2 Å². The lowest BCUT2D eigenvalue weighted by molar-refractivity contribution is -0.123. The zero-order valence-corrected chi connectivity index (χ0v) is 14.6. The molecule has 0 saturated carbocycles. The highest BCUT2D eigenvalue weighted by Crippen LogP contribution is 2.25. The number of urea groups is 1. The zero-order valence-electron chi connectivity index (χ0n) is 14.6. The van der Waals surface area contributed by atoms with E-state index in [0.717, 1.165) is 23.4 Å². The number of rotatable bonds is 3. The van der Waals surface area contributed by atoms with Crippen LogP contribution in [0, 0.1) is 0 Å². The summed E-state index contributed by atoms with van der Waals surface area (Å²) in [6.45, 7) is 4.87. The molecule has 2 aromatic rings. The van der Waals surface area contributed by atoms with Crippen LogP contribution in [0.15, 0.2) is 54.6 Å². The number of anilines is 2. The van der Waals surface area contributed by atoms with Crippen molar-refractivity contribution in [3.05, 3.63) is 60.2 Å². The summed E-state index contributed by atoms with van der Waals surface area (Å²) in [5.74, 6) is -0.0460. The van der Waals surface area contributed by atoms with Crippen LogP contribution in [0.1, 0.15) is 19.4 Å². The molecule has 3 rings (SSSR count). The largest absolute Gasteiger partial charge is 0.322 e. The van der Waals surface area contributed by atoms with Crippen LogP contribution in [0.3, 0.4) is 0 Å². The maximum Gasteiger partial charge on any atom is 0.322 e. The minimum atomic E-state index is -0.498. The first kappa shape index (κ1) is 17.0. The van der Waals surface area contributed by atoms with Crippen LogP contribution in [0.25, 0.3) is 0 Å². The molecule has 0 spiro atoms. The Morgan fingerprint density at radius 2 is 1.76 bits per heavy atom. The van der Waals surface area contributed by atoms with Crippen molar-refractivity contribution in [3.8, 4) is 0 Å². The van der Waals surface area contributed by atoms with Gasteiger partial charge in [0.05, 0.1) is 0 Å². The lowest BCUT2D eigenvalue weighted by atomic mass is 10.1. The first-order valence-corrected chi connectivity index (χ1v) is 8.63. The number of hydrogen-bond donors (Lipinski definition) is 1. The average Bonchev–Trinajstić information content (AvgIpc) is 2.64. The van der Waals surface area contributed by atoms with Gasteiger partial charge in [-0.2, -0.15) is 0 Å². The number of nitrogens with zero attached hydrogens (tertiary/aromatic N) is 2. The average molecular weight is 337 g/mol. The smallest absolute Gasteiger partial charge is 0.311 e. The Morgan fingerprint density at radius 3 is 2.48 bits per heavy atom.